The van der Waals surface area contributed by atoms with Gasteiger partial charge in [-0.2, -0.15) is 0 Å². The summed E-state index contributed by atoms with van der Waals surface area (Å²) in [5.74, 6) is 0.410. The van der Waals surface area contributed by atoms with E-state index in [9.17, 15) is 4.79 Å². The van der Waals surface area contributed by atoms with Gasteiger partial charge in [-0.05, 0) is 52.6 Å². The lowest BCUT2D eigenvalue weighted by atomic mass is 10.0. The van der Waals surface area contributed by atoms with Crippen LogP contribution in [0.15, 0.2) is 72.8 Å². The predicted octanol–water partition coefficient (Wildman–Crippen LogP) is 3.06. The van der Waals surface area contributed by atoms with Crippen LogP contribution in [0.5, 0.6) is 5.75 Å². The van der Waals surface area contributed by atoms with Crippen molar-refractivity contribution < 1.29 is 14.6 Å². The van der Waals surface area contributed by atoms with Gasteiger partial charge in [0.25, 0.3) is 5.91 Å². The molecule has 6 nitrogen and oxygen atoms in total. The zero-order valence-corrected chi connectivity index (χ0v) is 18.8. The largest absolute Gasteiger partial charge is 0.491 e. The molecule has 0 atom stereocenters. The van der Waals surface area contributed by atoms with Gasteiger partial charge in [-0.25, -0.2) is 0 Å². The molecule has 0 aliphatic carbocycles. The van der Waals surface area contributed by atoms with E-state index < -0.39 is 0 Å². The Morgan fingerprint density at radius 1 is 0.939 bits per heavy atom. The van der Waals surface area contributed by atoms with E-state index in [-0.39, 0.29) is 19.1 Å². The number of amides is 1. The van der Waals surface area contributed by atoms with Crippen LogP contribution in [0.3, 0.4) is 0 Å². The molecule has 1 fully saturated rings. The minimum Gasteiger partial charge on any atom is -0.491 e. The molecule has 0 saturated carbocycles. The van der Waals surface area contributed by atoms with E-state index in [1.165, 1.54) is 11.1 Å². The van der Waals surface area contributed by atoms with Crippen molar-refractivity contribution in [2.45, 2.75) is 13.1 Å². The van der Waals surface area contributed by atoms with Crippen LogP contribution in [0.25, 0.3) is 11.1 Å². The van der Waals surface area contributed by atoms with Gasteiger partial charge >= 0.3 is 0 Å². The number of ether oxygens (including phenoxy) is 1. The number of carbonyl (C=O) groups excluding carboxylic acids is 1. The third-order valence-electron chi connectivity index (χ3n) is 5.71. The Labute approximate surface area is 195 Å². The lowest BCUT2D eigenvalue weighted by molar-refractivity contribution is 0.0950. The van der Waals surface area contributed by atoms with Crippen LogP contribution in [0.2, 0.25) is 0 Å². The van der Waals surface area contributed by atoms with Crippen LogP contribution in [0.1, 0.15) is 21.5 Å². The second-order valence-corrected chi connectivity index (χ2v) is 8.21. The molecule has 0 bridgehead atoms. The van der Waals surface area contributed by atoms with Crippen LogP contribution in [-0.4, -0.2) is 55.3 Å². The third-order valence-corrected chi connectivity index (χ3v) is 5.71. The highest BCUT2D eigenvalue weighted by Crippen LogP contribution is 2.23. The number of nitrogens with zero attached hydrogens (tertiary/aromatic N) is 1. The van der Waals surface area contributed by atoms with Crippen LogP contribution in [-0.2, 0) is 13.1 Å². The minimum atomic E-state index is -0.159. The van der Waals surface area contributed by atoms with Gasteiger partial charge < -0.3 is 20.5 Å². The van der Waals surface area contributed by atoms with Gasteiger partial charge in [-0.3, -0.25) is 9.69 Å². The average Bonchev–Trinajstić information content (AvgIpc) is 2.87. The first-order valence-electron chi connectivity index (χ1n) is 11.4. The Morgan fingerprint density at radius 3 is 2.39 bits per heavy atom. The lowest BCUT2D eigenvalue weighted by Crippen LogP contribution is -2.42. The second kappa shape index (κ2) is 11.6. The molecule has 3 aromatic rings. The van der Waals surface area contributed by atoms with Crippen molar-refractivity contribution in [3.05, 3.63) is 89.5 Å². The predicted molar refractivity (Wildman–Crippen MR) is 130 cm³/mol. The summed E-state index contributed by atoms with van der Waals surface area (Å²) in [6.45, 7) is 5.80. The number of rotatable bonds is 9. The fourth-order valence-electron chi connectivity index (χ4n) is 4.01. The number of aliphatic hydroxyl groups excluding tert-OH is 1. The molecule has 0 radical (unpaired) electrons. The fourth-order valence-corrected chi connectivity index (χ4v) is 4.01. The van der Waals surface area contributed by atoms with Gasteiger partial charge in [-0.1, -0.05) is 42.5 Å². The topological polar surface area (TPSA) is 73.8 Å². The number of aliphatic hydroxyl groups is 1. The molecule has 4 rings (SSSR count). The van der Waals surface area contributed by atoms with E-state index in [1.807, 2.05) is 12.1 Å². The van der Waals surface area contributed by atoms with Crippen molar-refractivity contribution in [2.24, 2.45) is 0 Å². The normalized spacial score (nSPS) is 14.1. The Morgan fingerprint density at radius 2 is 1.64 bits per heavy atom. The van der Waals surface area contributed by atoms with E-state index in [4.69, 9.17) is 9.84 Å². The first-order chi connectivity index (χ1) is 16.2. The quantitative estimate of drug-likeness (QED) is 0.472. The standard InChI is InChI=1S/C27H31N3O3/c31-14-15-33-26-9-3-8-25(18-26)27(32)29-19-21-4-1-6-23(16-21)24-7-2-5-22(17-24)20-30-12-10-28-11-13-30/h1-9,16-18,28,31H,10-15,19-20H2,(H,29,32). The molecule has 1 aliphatic rings. The van der Waals surface area contributed by atoms with Gasteiger partial charge in [0, 0.05) is 44.8 Å². The minimum absolute atomic E-state index is 0.0641. The summed E-state index contributed by atoms with van der Waals surface area (Å²) in [5, 5.41) is 15.3. The molecule has 1 saturated heterocycles. The number of benzene rings is 3. The van der Waals surface area contributed by atoms with Crippen molar-refractivity contribution in [3.63, 3.8) is 0 Å². The van der Waals surface area contributed by atoms with Crippen LogP contribution in [0.4, 0.5) is 0 Å². The molecule has 0 aromatic heterocycles. The smallest absolute Gasteiger partial charge is 0.251 e. The zero-order chi connectivity index (χ0) is 22.9. The van der Waals surface area contributed by atoms with Gasteiger partial charge in [0.05, 0.1) is 6.61 Å². The molecular formula is C27H31N3O3. The SMILES string of the molecule is O=C(NCc1cccc(-c2cccc(CN3CCNCC3)c2)c1)c1cccc(OCCO)c1. The third kappa shape index (κ3) is 6.65. The lowest BCUT2D eigenvalue weighted by Gasteiger charge is -2.27. The van der Waals surface area contributed by atoms with E-state index in [1.54, 1.807) is 24.3 Å². The second-order valence-electron chi connectivity index (χ2n) is 8.21. The molecule has 1 amide bonds. The number of carbonyl (C=O) groups is 1. The van der Waals surface area contributed by atoms with E-state index in [2.05, 4.69) is 51.9 Å². The molecule has 0 unspecified atom stereocenters. The van der Waals surface area contributed by atoms with Gasteiger partial charge in [0.15, 0.2) is 0 Å². The maximum Gasteiger partial charge on any atom is 0.251 e. The maximum atomic E-state index is 12.6. The number of hydrogen-bond donors (Lipinski definition) is 3. The molecule has 6 heteroatoms. The molecular weight excluding hydrogens is 414 g/mol. The molecule has 3 N–H and O–H groups in total. The van der Waals surface area contributed by atoms with Gasteiger partial charge in [0.1, 0.15) is 12.4 Å². The van der Waals surface area contributed by atoms with Crippen LogP contribution >= 0.6 is 0 Å². The van der Waals surface area contributed by atoms with Crippen LogP contribution < -0.4 is 15.4 Å². The first-order valence-corrected chi connectivity index (χ1v) is 11.4. The maximum absolute atomic E-state index is 12.6. The summed E-state index contributed by atoms with van der Waals surface area (Å²) in [7, 11) is 0. The Hall–Kier alpha value is -3.19. The fraction of sp³-hybridized carbons (Fsp3) is 0.296. The van der Waals surface area contributed by atoms with Gasteiger partial charge in [-0.15, -0.1) is 0 Å². The summed E-state index contributed by atoms with van der Waals surface area (Å²) in [4.78, 5) is 15.1. The zero-order valence-electron chi connectivity index (χ0n) is 18.8. The van der Waals surface area contributed by atoms with E-state index in [0.29, 0.717) is 17.9 Å². The Bertz CT molecular complexity index is 1060. The molecule has 3 aromatic carbocycles. The Kier molecular flexibility index (Phi) is 8.09. The van der Waals surface area contributed by atoms with Gasteiger partial charge in [0.2, 0.25) is 0 Å². The van der Waals surface area contributed by atoms with Crippen molar-refractivity contribution in [2.75, 3.05) is 39.4 Å². The first kappa shape index (κ1) is 23.0. The van der Waals surface area contributed by atoms with Crippen molar-refractivity contribution >= 4 is 5.91 Å². The summed E-state index contributed by atoms with van der Waals surface area (Å²) in [6.07, 6.45) is 0. The number of hydrogen-bond acceptors (Lipinski definition) is 5. The molecule has 1 heterocycles. The monoisotopic (exact) mass is 445 g/mol. The number of piperazine rings is 1. The van der Waals surface area contributed by atoms with Crippen molar-refractivity contribution in [1.29, 1.82) is 0 Å². The highest BCUT2D eigenvalue weighted by atomic mass is 16.5. The summed E-state index contributed by atoms with van der Waals surface area (Å²) < 4.78 is 5.39. The Balaban J connectivity index is 1.39. The van der Waals surface area contributed by atoms with Crippen molar-refractivity contribution in [1.82, 2.24) is 15.5 Å². The molecule has 172 valence electrons. The average molecular weight is 446 g/mol. The summed E-state index contributed by atoms with van der Waals surface area (Å²) >= 11 is 0. The van der Waals surface area contributed by atoms with Crippen LogP contribution in [0, 0.1) is 0 Å². The number of nitrogens with one attached hydrogen (secondary N) is 2. The van der Waals surface area contributed by atoms with Crippen molar-refractivity contribution in [3.8, 4) is 16.9 Å². The van der Waals surface area contributed by atoms with E-state index >= 15 is 0 Å². The summed E-state index contributed by atoms with van der Waals surface area (Å²) in [5.41, 5.74) is 5.22. The highest BCUT2D eigenvalue weighted by molar-refractivity contribution is 5.94. The van der Waals surface area contributed by atoms with E-state index in [0.717, 1.165) is 43.9 Å². The molecule has 1 aliphatic heterocycles. The molecule has 0 spiro atoms. The summed E-state index contributed by atoms with van der Waals surface area (Å²) in [6, 6.07) is 24.0. The highest BCUT2D eigenvalue weighted by Gasteiger charge is 2.11. The molecule has 33 heavy (non-hydrogen) atoms.